The fourth-order valence-corrected chi connectivity index (χ4v) is 2.79. The van der Waals surface area contributed by atoms with Gasteiger partial charge in [0.1, 0.15) is 12.4 Å². The molecule has 0 spiro atoms. The minimum absolute atomic E-state index is 0.0357. The maximum absolute atomic E-state index is 14.4. The number of para-hydroxylation sites is 1. The minimum atomic E-state index is -1.33. The van der Waals surface area contributed by atoms with E-state index in [1.54, 1.807) is 6.92 Å². The molecule has 3 rings (SSSR count). The Kier molecular flexibility index (Phi) is 2.47. The highest BCUT2D eigenvalue weighted by Crippen LogP contribution is 2.38. The van der Waals surface area contributed by atoms with E-state index in [2.05, 4.69) is 33.0 Å². The molecule has 1 aliphatic rings. The van der Waals surface area contributed by atoms with Gasteiger partial charge in [-0.2, -0.15) is 0 Å². The summed E-state index contributed by atoms with van der Waals surface area (Å²) >= 11 is 0. The highest BCUT2D eigenvalue weighted by atomic mass is 19.1. The number of benzene rings is 1. The first kappa shape index (κ1) is 12.5. The van der Waals surface area contributed by atoms with Gasteiger partial charge < -0.3 is 9.30 Å². The molecular weight excluding hydrogens is 241 g/mol. The fourth-order valence-electron chi connectivity index (χ4n) is 2.79. The fraction of sp³-hybridized carbons (Fsp3) is 0.500. The third kappa shape index (κ3) is 2.01. The zero-order valence-corrected chi connectivity index (χ0v) is 12.0. The van der Waals surface area contributed by atoms with E-state index in [4.69, 9.17) is 4.74 Å². The number of nitrogens with zero attached hydrogens (tertiary/aromatic N) is 1. The van der Waals surface area contributed by atoms with E-state index in [0.717, 1.165) is 11.3 Å². The summed E-state index contributed by atoms with van der Waals surface area (Å²) in [5, 5.41) is 1.17. The van der Waals surface area contributed by atoms with Crippen LogP contribution < -0.4 is 4.74 Å². The Morgan fingerprint density at radius 3 is 2.74 bits per heavy atom. The molecule has 0 amide bonds. The first-order chi connectivity index (χ1) is 8.78. The molecule has 2 heterocycles. The number of rotatable bonds is 0. The molecule has 3 heteroatoms. The summed E-state index contributed by atoms with van der Waals surface area (Å²) < 4.78 is 22.1. The summed E-state index contributed by atoms with van der Waals surface area (Å²) in [6, 6.07) is 6.00. The molecule has 2 aromatic rings. The molecule has 0 aliphatic carbocycles. The van der Waals surface area contributed by atoms with Crippen molar-refractivity contribution in [3.8, 4) is 5.75 Å². The van der Waals surface area contributed by atoms with E-state index in [-0.39, 0.29) is 12.0 Å². The van der Waals surface area contributed by atoms with Crippen molar-refractivity contribution in [3.63, 3.8) is 0 Å². The number of halogens is 1. The van der Waals surface area contributed by atoms with E-state index in [1.807, 2.05) is 16.7 Å². The molecule has 102 valence electrons. The Morgan fingerprint density at radius 2 is 2.05 bits per heavy atom. The maximum Gasteiger partial charge on any atom is 0.159 e. The van der Waals surface area contributed by atoms with Crippen molar-refractivity contribution >= 4 is 10.9 Å². The molecule has 0 saturated heterocycles. The van der Waals surface area contributed by atoms with Crippen LogP contribution in [0.2, 0.25) is 0 Å². The van der Waals surface area contributed by atoms with Gasteiger partial charge in [0.25, 0.3) is 0 Å². The molecule has 2 nitrogen and oxygen atoms in total. The normalized spacial score (nSPS) is 23.2. The SMILES string of the molecule is CC1(F)COc2cccc3c(C(C)(C)C)cn(c23)C1. The Bertz CT molecular complexity index is 634. The highest BCUT2D eigenvalue weighted by Gasteiger charge is 2.31. The largest absolute Gasteiger partial charge is 0.488 e. The van der Waals surface area contributed by atoms with Gasteiger partial charge in [-0.05, 0) is 24.0 Å². The lowest BCUT2D eigenvalue weighted by Gasteiger charge is -2.20. The summed E-state index contributed by atoms with van der Waals surface area (Å²) in [5.41, 5.74) is 0.966. The van der Waals surface area contributed by atoms with Crippen LogP contribution in [0.5, 0.6) is 5.75 Å². The van der Waals surface area contributed by atoms with Crippen molar-refractivity contribution in [2.75, 3.05) is 6.61 Å². The van der Waals surface area contributed by atoms with Crippen molar-refractivity contribution in [3.05, 3.63) is 30.0 Å². The molecule has 1 aromatic heterocycles. The first-order valence-electron chi connectivity index (χ1n) is 6.72. The maximum atomic E-state index is 14.4. The second-order valence-corrected chi connectivity index (χ2v) is 6.78. The third-order valence-electron chi connectivity index (χ3n) is 3.70. The molecule has 1 unspecified atom stereocenters. The number of ether oxygens (including phenoxy) is 1. The summed E-state index contributed by atoms with van der Waals surface area (Å²) in [7, 11) is 0. The van der Waals surface area contributed by atoms with E-state index < -0.39 is 5.67 Å². The Hall–Kier alpha value is -1.51. The number of hydrogen-bond donors (Lipinski definition) is 0. The average Bonchev–Trinajstić information content (AvgIpc) is 2.58. The monoisotopic (exact) mass is 261 g/mol. The molecule has 19 heavy (non-hydrogen) atoms. The van der Waals surface area contributed by atoms with Crippen LogP contribution >= 0.6 is 0 Å². The smallest absolute Gasteiger partial charge is 0.159 e. The zero-order valence-electron chi connectivity index (χ0n) is 12.0. The first-order valence-corrected chi connectivity index (χ1v) is 6.72. The van der Waals surface area contributed by atoms with Crippen molar-refractivity contribution in [2.24, 2.45) is 0 Å². The van der Waals surface area contributed by atoms with Crippen LogP contribution in [-0.4, -0.2) is 16.8 Å². The topological polar surface area (TPSA) is 14.2 Å². The molecule has 0 fully saturated rings. The van der Waals surface area contributed by atoms with Crippen LogP contribution in [0.25, 0.3) is 10.9 Å². The van der Waals surface area contributed by atoms with Crippen LogP contribution in [0, 0.1) is 0 Å². The summed E-state index contributed by atoms with van der Waals surface area (Å²) in [5.74, 6) is 0.786. The van der Waals surface area contributed by atoms with Crippen LogP contribution in [0.15, 0.2) is 24.4 Å². The predicted octanol–water partition coefficient (Wildman–Crippen LogP) is 4.06. The number of aromatic nitrogens is 1. The van der Waals surface area contributed by atoms with E-state index in [0.29, 0.717) is 6.54 Å². The predicted molar refractivity (Wildman–Crippen MR) is 75.6 cm³/mol. The van der Waals surface area contributed by atoms with Crippen LogP contribution in [0.4, 0.5) is 4.39 Å². The van der Waals surface area contributed by atoms with Gasteiger partial charge in [0.15, 0.2) is 5.67 Å². The number of hydrogen-bond acceptors (Lipinski definition) is 1. The standard InChI is InChI=1S/C16H20FNO/c1-15(2,3)12-8-18-9-16(4,17)10-19-13-7-5-6-11(12)14(13)18/h5-8H,9-10H2,1-4H3. The van der Waals surface area contributed by atoms with E-state index in [1.165, 1.54) is 10.9 Å². The molecule has 1 aliphatic heterocycles. The Morgan fingerprint density at radius 1 is 1.32 bits per heavy atom. The van der Waals surface area contributed by atoms with Gasteiger partial charge in [-0.15, -0.1) is 0 Å². The summed E-state index contributed by atoms with van der Waals surface area (Å²) in [6.07, 6.45) is 2.08. The van der Waals surface area contributed by atoms with Crippen LogP contribution in [0.1, 0.15) is 33.3 Å². The van der Waals surface area contributed by atoms with Crippen molar-refractivity contribution in [2.45, 2.75) is 45.3 Å². The van der Waals surface area contributed by atoms with Gasteiger partial charge in [-0.25, -0.2) is 4.39 Å². The summed E-state index contributed by atoms with van der Waals surface area (Å²) in [4.78, 5) is 0. The molecule has 0 N–H and O–H groups in total. The lowest BCUT2D eigenvalue weighted by Crippen LogP contribution is -2.30. The second kappa shape index (κ2) is 3.75. The van der Waals surface area contributed by atoms with Gasteiger partial charge >= 0.3 is 0 Å². The molecular formula is C16H20FNO. The molecule has 1 aromatic carbocycles. The molecule has 0 bridgehead atoms. The van der Waals surface area contributed by atoms with Gasteiger partial charge in [0, 0.05) is 11.6 Å². The number of alkyl halides is 1. The lowest BCUT2D eigenvalue weighted by molar-refractivity contribution is 0.0933. The van der Waals surface area contributed by atoms with Crippen LogP contribution in [-0.2, 0) is 12.0 Å². The van der Waals surface area contributed by atoms with Crippen LogP contribution in [0.3, 0.4) is 0 Å². The third-order valence-corrected chi connectivity index (χ3v) is 3.70. The minimum Gasteiger partial charge on any atom is -0.488 e. The van der Waals surface area contributed by atoms with Gasteiger partial charge in [-0.1, -0.05) is 32.9 Å². The van der Waals surface area contributed by atoms with E-state index >= 15 is 0 Å². The zero-order chi connectivity index (χ0) is 13.8. The average molecular weight is 261 g/mol. The quantitative estimate of drug-likeness (QED) is 0.697. The Balaban J connectivity index is 2.31. The molecule has 0 radical (unpaired) electrons. The van der Waals surface area contributed by atoms with Crippen molar-refractivity contribution in [1.29, 1.82) is 0 Å². The second-order valence-electron chi connectivity index (χ2n) is 6.78. The summed E-state index contributed by atoms with van der Waals surface area (Å²) in [6.45, 7) is 8.59. The van der Waals surface area contributed by atoms with Gasteiger partial charge in [0.05, 0.1) is 12.1 Å². The molecule has 0 saturated carbocycles. The van der Waals surface area contributed by atoms with Crippen molar-refractivity contribution < 1.29 is 9.13 Å². The highest BCUT2D eigenvalue weighted by molar-refractivity contribution is 5.90. The van der Waals surface area contributed by atoms with Gasteiger partial charge in [0.2, 0.25) is 0 Å². The van der Waals surface area contributed by atoms with Gasteiger partial charge in [-0.3, -0.25) is 0 Å². The van der Waals surface area contributed by atoms with E-state index in [9.17, 15) is 4.39 Å². The lowest BCUT2D eigenvalue weighted by atomic mass is 9.87. The molecule has 1 atom stereocenters. The Labute approximate surface area is 113 Å². The van der Waals surface area contributed by atoms with Crippen molar-refractivity contribution in [1.82, 2.24) is 4.57 Å².